The highest BCUT2D eigenvalue weighted by atomic mass is 15.1. The Labute approximate surface area is 331 Å². The molecule has 0 unspecified atom stereocenters. The number of nitrogens with zero attached hydrogens (tertiary/aromatic N) is 2. The molecule has 0 saturated carbocycles. The normalized spacial score (nSPS) is 11.9. The van der Waals surface area contributed by atoms with Gasteiger partial charge in [-0.3, -0.25) is 4.98 Å². The number of hydrogen-bond acceptors (Lipinski definition) is 2. The van der Waals surface area contributed by atoms with E-state index in [9.17, 15) is 0 Å². The lowest BCUT2D eigenvalue weighted by molar-refractivity contribution is 1.28. The van der Waals surface area contributed by atoms with Crippen molar-refractivity contribution in [2.24, 2.45) is 0 Å². The van der Waals surface area contributed by atoms with E-state index in [1.807, 2.05) is 18.3 Å². The molecule has 0 N–H and O–H groups in total. The molecule has 2 aliphatic carbocycles. The molecule has 1 aromatic heterocycles. The maximum absolute atomic E-state index is 4.60. The maximum atomic E-state index is 4.60. The van der Waals surface area contributed by atoms with Crippen LogP contribution in [-0.4, -0.2) is 4.98 Å². The second-order valence-electron chi connectivity index (χ2n) is 15.1. The predicted octanol–water partition coefficient (Wildman–Crippen LogP) is 15.2. The van der Waals surface area contributed by atoms with E-state index in [1.54, 1.807) is 0 Å². The molecular weight excluding hydrogens is 689 g/mol. The Morgan fingerprint density at radius 2 is 0.632 bits per heavy atom. The van der Waals surface area contributed by atoms with Crippen molar-refractivity contribution in [2.75, 3.05) is 4.90 Å². The first-order valence-electron chi connectivity index (χ1n) is 19.6. The highest BCUT2D eigenvalue weighted by Gasteiger charge is 2.24. The van der Waals surface area contributed by atoms with Gasteiger partial charge in [-0.25, -0.2) is 0 Å². The third kappa shape index (κ3) is 4.87. The van der Waals surface area contributed by atoms with Crippen molar-refractivity contribution >= 4 is 38.6 Å². The molecule has 264 valence electrons. The maximum Gasteiger partial charge on any atom is 0.0701 e. The van der Waals surface area contributed by atoms with Gasteiger partial charge in [0.25, 0.3) is 0 Å². The number of anilines is 3. The van der Waals surface area contributed by atoms with Gasteiger partial charge < -0.3 is 4.90 Å². The lowest BCUT2D eigenvalue weighted by Crippen LogP contribution is -2.09. The van der Waals surface area contributed by atoms with Crippen LogP contribution in [-0.2, 0) is 0 Å². The number of hydrogen-bond donors (Lipinski definition) is 0. The number of pyridine rings is 1. The molecule has 0 atom stereocenters. The van der Waals surface area contributed by atoms with Gasteiger partial charge in [0.15, 0.2) is 0 Å². The summed E-state index contributed by atoms with van der Waals surface area (Å²) in [5.74, 6) is 0. The average molecular weight is 723 g/mol. The Hall–Kier alpha value is -7.55. The topological polar surface area (TPSA) is 16.1 Å². The number of benzene rings is 9. The van der Waals surface area contributed by atoms with E-state index in [1.165, 1.54) is 88.3 Å². The Morgan fingerprint density at radius 3 is 1.05 bits per heavy atom. The summed E-state index contributed by atoms with van der Waals surface area (Å²) < 4.78 is 0. The van der Waals surface area contributed by atoms with Crippen molar-refractivity contribution < 1.29 is 0 Å². The molecule has 2 aliphatic rings. The molecule has 2 nitrogen and oxygen atoms in total. The zero-order chi connectivity index (χ0) is 37.5. The fourth-order valence-corrected chi connectivity index (χ4v) is 9.46. The molecule has 0 saturated heterocycles. The van der Waals surface area contributed by atoms with Gasteiger partial charge in [0.1, 0.15) is 0 Å². The number of rotatable bonds is 6. The zero-order valence-corrected chi connectivity index (χ0v) is 31.0. The Bertz CT molecular complexity index is 2960. The Kier molecular flexibility index (Phi) is 6.96. The van der Waals surface area contributed by atoms with Gasteiger partial charge in [0.2, 0.25) is 0 Å². The van der Waals surface area contributed by atoms with Crippen molar-refractivity contribution in [3.8, 4) is 78.0 Å². The van der Waals surface area contributed by atoms with Gasteiger partial charge >= 0.3 is 0 Å². The van der Waals surface area contributed by atoms with E-state index in [0.717, 1.165) is 28.3 Å². The standard InChI is InChI=1S/C55H34N2/c1-3-11-45-43(9-1)49-15-7-13-47-41(30-32-51(45)54(47)49)35-18-24-38(25-19-35)57(40-28-22-37(23-29-40)53-17-5-6-34-56-53)39-26-20-36(21-27-39)42-31-33-52-46-12-4-2-10-44(46)50-16-8-14-48(42)55(50)52/h1-34H. The van der Waals surface area contributed by atoms with E-state index in [4.69, 9.17) is 0 Å². The van der Waals surface area contributed by atoms with Gasteiger partial charge in [-0.05, 0) is 137 Å². The van der Waals surface area contributed by atoms with Crippen LogP contribution in [0.25, 0.3) is 99.6 Å². The van der Waals surface area contributed by atoms with E-state index in [0.29, 0.717) is 0 Å². The van der Waals surface area contributed by atoms with Crippen molar-refractivity contribution in [2.45, 2.75) is 0 Å². The van der Waals surface area contributed by atoms with Gasteiger partial charge in [-0.1, -0.05) is 152 Å². The van der Waals surface area contributed by atoms with E-state index in [2.05, 4.69) is 198 Å². The Morgan fingerprint density at radius 1 is 0.263 bits per heavy atom. The molecule has 0 fully saturated rings. The molecule has 2 heteroatoms. The third-order valence-corrected chi connectivity index (χ3v) is 12.1. The lowest BCUT2D eigenvalue weighted by atomic mass is 9.94. The van der Waals surface area contributed by atoms with Crippen LogP contribution in [0.5, 0.6) is 0 Å². The van der Waals surface area contributed by atoms with Crippen molar-refractivity contribution in [3.05, 3.63) is 206 Å². The van der Waals surface area contributed by atoms with Gasteiger partial charge in [0, 0.05) is 28.8 Å². The van der Waals surface area contributed by atoms with Crippen molar-refractivity contribution in [3.63, 3.8) is 0 Å². The molecule has 10 aromatic rings. The van der Waals surface area contributed by atoms with Crippen LogP contribution in [0.15, 0.2) is 206 Å². The Balaban J connectivity index is 0.943. The summed E-state index contributed by atoms with van der Waals surface area (Å²) in [6.07, 6.45) is 1.85. The molecule has 0 radical (unpaired) electrons. The summed E-state index contributed by atoms with van der Waals surface area (Å²) in [6.45, 7) is 0. The van der Waals surface area contributed by atoms with E-state index in [-0.39, 0.29) is 0 Å². The number of fused-ring (bicyclic) bond motifs is 6. The van der Waals surface area contributed by atoms with Gasteiger partial charge in [-0.2, -0.15) is 0 Å². The summed E-state index contributed by atoms with van der Waals surface area (Å²) in [6, 6.07) is 73.1. The van der Waals surface area contributed by atoms with Gasteiger partial charge in [0.05, 0.1) is 5.69 Å². The average Bonchev–Trinajstić information content (AvgIpc) is 3.80. The minimum absolute atomic E-state index is 0.964. The molecule has 0 amide bonds. The minimum Gasteiger partial charge on any atom is -0.311 e. The highest BCUT2D eigenvalue weighted by molar-refractivity contribution is 6.20. The second-order valence-corrected chi connectivity index (χ2v) is 15.1. The van der Waals surface area contributed by atoms with Crippen LogP contribution in [0.1, 0.15) is 0 Å². The molecule has 57 heavy (non-hydrogen) atoms. The van der Waals surface area contributed by atoms with Crippen LogP contribution in [0.4, 0.5) is 17.1 Å². The molecule has 0 bridgehead atoms. The van der Waals surface area contributed by atoms with Crippen LogP contribution >= 0.6 is 0 Å². The number of aromatic nitrogens is 1. The SMILES string of the molecule is c1ccc(-c2ccc(N(c3ccc(-c4ccc5c6c(cccc46)-c4ccccc4-5)cc3)c3ccc(-c4ccc5c6c(cccc46)-c4ccccc4-5)cc3)cc2)nc1. The molecular formula is C55H34N2. The fraction of sp³-hybridized carbons (Fsp3) is 0. The molecule has 12 rings (SSSR count). The van der Waals surface area contributed by atoms with Crippen LogP contribution in [0.3, 0.4) is 0 Å². The molecule has 0 aliphatic heterocycles. The van der Waals surface area contributed by atoms with Gasteiger partial charge in [-0.15, -0.1) is 0 Å². The largest absolute Gasteiger partial charge is 0.311 e. The fourth-order valence-electron chi connectivity index (χ4n) is 9.46. The smallest absolute Gasteiger partial charge is 0.0701 e. The summed E-state index contributed by atoms with van der Waals surface area (Å²) >= 11 is 0. The molecule has 0 spiro atoms. The highest BCUT2D eigenvalue weighted by Crippen LogP contribution is 2.51. The zero-order valence-electron chi connectivity index (χ0n) is 31.0. The molecule has 1 heterocycles. The third-order valence-electron chi connectivity index (χ3n) is 12.1. The lowest BCUT2D eigenvalue weighted by Gasteiger charge is -2.26. The van der Waals surface area contributed by atoms with E-state index < -0.39 is 0 Å². The summed E-state index contributed by atoms with van der Waals surface area (Å²) in [5.41, 5.74) is 20.8. The quantitative estimate of drug-likeness (QED) is 0.170. The first kappa shape index (κ1) is 31.8. The van der Waals surface area contributed by atoms with Crippen molar-refractivity contribution in [1.29, 1.82) is 0 Å². The first-order chi connectivity index (χ1) is 28.3. The predicted molar refractivity (Wildman–Crippen MR) is 239 cm³/mol. The van der Waals surface area contributed by atoms with E-state index >= 15 is 0 Å². The molecule has 9 aromatic carbocycles. The summed E-state index contributed by atoms with van der Waals surface area (Å²) in [5, 5.41) is 5.27. The van der Waals surface area contributed by atoms with Crippen LogP contribution in [0.2, 0.25) is 0 Å². The van der Waals surface area contributed by atoms with Crippen LogP contribution in [0, 0.1) is 0 Å². The van der Waals surface area contributed by atoms with Crippen molar-refractivity contribution in [1.82, 2.24) is 4.98 Å². The summed E-state index contributed by atoms with van der Waals surface area (Å²) in [7, 11) is 0. The summed E-state index contributed by atoms with van der Waals surface area (Å²) in [4.78, 5) is 6.95. The first-order valence-corrected chi connectivity index (χ1v) is 19.6. The monoisotopic (exact) mass is 722 g/mol. The minimum atomic E-state index is 0.964. The second kappa shape index (κ2) is 12.5. The van der Waals surface area contributed by atoms with Crippen LogP contribution < -0.4 is 4.90 Å².